The SMILES string of the molecule is NCCc1ccc(Cl)cc1Oc1ccc(I)cc1. The van der Waals surface area contributed by atoms with Gasteiger partial charge in [-0.1, -0.05) is 17.7 Å². The van der Waals surface area contributed by atoms with Crippen molar-refractivity contribution in [2.75, 3.05) is 6.54 Å². The second-order valence-corrected chi connectivity index (χ2v) is 5.53. The Kier molecular flexibility index (Phi) is 4.86. The van der Waals surface area contributed by atoms with Crippen molar-refractivity contribution in [2.24, 2.45) is 5.73 Å². The standard InChI is InChI=1S/C14H13ClINO/c15-11-2-1-10(7-8-17)14(9-11)18-13-5-3-12(16)4-6-13/h1-6,9H,7-8,17H2. The summed E-state index contributed by atoms with van der Waals surface area (Å²) in [5, 5.41) is 0.663. The quantitative estimate of drug-likeness (QED) is 0.814. The van der Waals surface area contributed by atoms with E-state index < -0.39 is 0 Å². The fourth-order valence-corrected chi connectivity index (χ4v) is 2.14. The molecule has 18 heavy (non-hydrogen) atoms. The summed E-state index contributed by atoms with van der Waals surface area (Å²) in [4.78, 5) is 0. The van der Waals surface area contributed by atoms with E-state index in [2.05, 4.69) is 22.6 Å². The predicted molar refractivity (Wildman–Crippen MR) is 83.4 cm³/mol. The number of halogens is 2. The van der Waals surface area contributed by atoms with Gasteiger partial charge in [-0.25, -0.2) is 0 Å². The van der Waals surface area contributed by atoms with Crippen LogP contribution >= 0.6 is 34.2 Å². The van der Waals surface area contributed by atoms with Gasteiger partial charge in [0.1, 0.15) is 11.5 Å². The van der Waals surface area contributed by atoms with E-state index in [1.807, 2.05) is 42.5 Å². The molecule has 0 fully saturated rings. The van der Waals surface area contributed by atoms with Crippen LogP contribution in [0, 0.1) is 3.57 Å². The van der Waals surface area contributed by atoms with Gasteiger partial charge in [-0.05, 0) is 77.5 Å². The van der Waals surface area contributed by atoms with Crippen molar-refractivity contribution in [3.05, 3.63) is 56.6 Å². The Morgan fingerprint density at radius 3 is 2.50 bits per heavy atom. The van der Waals surface area contributed by atoms with Crippen LogP contribution in [0.1, 0.15) is 5.56 Å². The third-order valence-electron chi connectivity index (χ3n) is 2.48. The van der Waals surface area contributed by atoms with Crippen LogP contribution in [0.4, 0.5) is 0 Å². The molecule has 0 bridgehead atoms. The lowest BCUT2D eigenvalue weighted by molar-refractivity contribution is 0.476. The van der Waals surface area contributed by atoms with Gasteiger partial charge >= 0.3 is 0 Å². The molecule has 0 aromatic heterocycles. The van der Waals surface area contributed by atoms with Gasteiger partial charge in [0.15, 0.2) is 0 Å². The maximum Gasteiger partial charge on any atom is 0.132 e. The molecular weight excluding hydrogens is 361 g/mol. The molecule has 0 aliphatic carbocycles. The largest absolute Gasteiger partial charge is 0.457 e. The molecule has 0 amide bonds. The Bertz CT molecular complexity index is 528. The summed E-state index contributed by atoms with van der Waals surface area (Å²) in [5.41, 5.74) is 6.66. The van der Waals surface area contributed by atoms with Crippen molar-refractivity contribution in [1.82, 2.24) is 0 Å². The average Bonchev–Trinajstić information content (AvgIpc) is 2.36. The Balaban J connectivity index is 2.26. The molecule has 0 heterocycles. The van der Waals surface area contributed by atoms with Crippen molar-refractivity contribution in [2.45, 2.75) is 6.42 Å². The molecule has 0 radical (unpaired) electrons. The molecule has 0 aliphatic rings. The number of benzene rings is 2. The monoisotopic (exact) mass is 373 g/mol. The highest BCUT2D eigenvalue weighted by molar-refractivity contribution is 14.1. The fraction of sp³-hybridized carbons (Fsp3) is 0.143. The fourth-order valence-electron chi connectivity index (χ4n) is 1.62. The molecule has 0 saturated carbocycles. The van der Waals surface area contributed by atoms with Gasteiger partial charge < -0.3 is 10.5 Å². The summed E-state index contributed by atoms with van der Waals surface area (Å²) in [6, 6.07) is 13.5. The smallest absolute Gasteiger partial charge is 0.132 e. The van der Waals surface area contributed by atoms with E-state index in [4.69, 9.17) is 22.1 Å². The maximum atomic E-state index is 6.00. The second-order valence-electron chi connectivity index (χ2n) is 3.85. The lowest BCUT2D eigenvalue weighted by Gasteiger charge is -2.11. The van der Waals surface area contributed by atoms with Gasteiger partial charge in [-0.2, -0.15) is 0 Å². The third kappa shape index (κ3) is 3.60. The van der Waals surface area contributed by atoms with Gasteiger partial charge in [0.05, 0.1) is 0 Å². The summed E-state index contributed by atoms with van der Waals surface area (Å²) in [6.07, 6.45) is 0.775. The van der Waals surface area contributed by atoms with Crippen LogP contribution < -0.4 is 10.5 Å². The Morgan fingerprint density at radius 2 is 1.83 bits per heavy atom. The van der Waals surface area contributed by atoms with Crippen molar-refractivity contribution in [3.8, 4) is 11.5 Å². The molecule has 2 aromatic rings. The van der Waals surface area contributed by atoms with Gasteiger partial charge in [0.25, 0.3) is 0 Å². The minimum absolute atomic E-state index is 0.588. The summed E-state index contributed by atoms with van der Waals surface area (Å²) < 4.78 is 7.03. The molecule has 2 aromatic carbocycles. The van der Waals surface area contributed by atoms with Crippen molar-refractivity contribution < 1.29 is 4.74 Å². The van der Waals surface area contributed by atoms with Gasteiger partial charge in [-0.15, -0.1) is 0 Å². The van der Waals surface area contributed by atoms with Crippen LogP contribution in [0.25, 0.3) is 0 Å². The zero-order valence-electron chi connectivity index (χ0n) is 9.70. The summed E-state index contributed by atoms with van der Waals surface area (Å²) in [6.45, 7) is 0.588. The van der Waals surface area contributed by atoms with Gasteiger partial charge in [-0.3, -0.25) is 0 Å². The van der Waals surface area contributed by atoms with Gasteiger partial charge in [0, 0.05) is 8.59 Å². The maximum absolute atomic E-state index is 6.00. The van der Waals surface area contributed by atoms with E-state index in [1.165, 1.54) is 3.57 Å². The first-order valence-corrected chi connectivity index (χ1v) is 7.06. The van der Waals surface area contributed by atoms with Crippen LogP contribution in [-0.4, -0.2) is 6.54 Å². The summed E-state index contributed by atoms with van der Waals surface area (Å²) >= 11 is 8.26. The minimum atomic E-state index is 0.588. The first kappa shape index (κ1) is 13.6. The molecule has 4 heteroatoms. The molecule has 2 nitrogen and oxygen atoms in total. The summed E-state index contributed by atoms with van der Waals surface area (Å²) in [7, 11) is 0. The highest BCUT2D eigenvalue weighted by Crippen LogP contribution is 2.29. The van der Waals surface area contributed by atoms with Gasteiger partial charge in [0.2, 0.25) is 0 Å². The highest BCUT2D eigenvalue weighted by atomic mass is 127. The van der Waals surface area contributed by atoms with Crippen molar-refractivity contribution in [1.29, 1.82) is 0 Å². The van der Waals surface area contributed by atoms with E-state index in [1.54, 1.807) is 0 Å². The zero-order chi connectivity index (χ0) is 13.0. The molecule has 0 atom stereocenters. The molecule has 0 spiro atoms. The molecule has 94 valence electrons. The van der Waals surface area contributed by atoms with Crippen molar-refractivity contribution in [3.63, 3.8) is 0 Å². The summed E-state index contributed by atoms with van der Waals surface area (Å²) in [5.74, 6) is 1.57. The number of hydrogen-bond acceptors (Lipinski definition) is 2. The van der Waals surface area contributed by atoms with E-state index in [0.717, 1.165) is 23.5 Å². The van der Waals surface area contributed by atoms with Crippen LogP contribution in [0.2, 0.25) is 5.02 Å². The topological polar surface area (TPSA) is 35.2 Å². The second kappa shape index (κ2) is 6.41. The molecule has 0 aliphatic heterocycles. The van der Waals surface area contributed by atoms with E-state index >= 15 is 0 Å². The van der Waals surface area contributed by atoms with Crippen molar-refractivity contribution >= 4 is 34.2 Å². The number of rotatable bonds is 4. The minimum Gasteiger partial charge on any atom is -0.457 e. The molecule has 2 N–H and O–H groups in total. The molecule has 0 saturated heterocycles. The number of ether oxygens (including phenoxy) is 1. The molecule has 0 unspecified atom stereocenters. The average molecular weight is 374 g/mol. The van der Waals surface area contributed by atoms with E-state index in [9.17, 15) is 0 Å². The zero-order valence-corrected chi connectivity index (χ0v) is 12.6. The number of hydrogen-bond donors (Lipinski definition) is 1. The van der Waals surface area contributed by atoms with E-state index in [-0.39, 0.29) is 0 Å². The molecule has 2 rings (SSSR count). The lowest BCUT2D eigenvalue weighted by Crippen LogP contribution is -2.04. The van der Waals surface area contributed by atoms with E-state index in [0.29, 0.717) is 11.6 Å². The van der Waals surface area contributed by atoms with Crippen LogP contribution in [0.3, 0.4) is 0 Å². The van der Waals surface area contributed by atoms with Crippen LogP contribution in [0.15, 0.2) is 42.5 Å². The Hall–Kier alpha value is -0.780. The van der Waals surface area contributed by atoms with Crippen LogP contribution in [-0.2, 0) is 6.42 Å². The number of nitrogens with two attached hydrogens (primary N) is 1. The lowest BCUT2D eigenvalue weighted by atomic mass is 10.1. The first-order valence-electron chi connectivity index (χ1n) is 5.61. The predicted octanol–water partition coefficient (Wildman–Crippen LogP) is 4.24. The Labute approximate surface area is 125 Å². The van der Waals surface area contributed by atoms with Crippen LogP contribution in [0.5, 0.6) is 11.5 Å². The normalized spacial score (nSPS) is 10.4. The highest BCUT2D eigenvalue weighted by Gasteiger charge is 2.05. The molecular formula is C14H13ClINO. The Morgan fingerprint density at radius 1 is 1.11 bits per heavy atom. The first-order chi connectivity index (χ1) is 8.69. The third-order valence-corrected chi connectivity index (χ3v) is 3.44.